The minimum absolute atomic E-state index is 0.0550. The van der Waals surface area contributed by atoms with Crippen molar-refractivity contribution in [3.05, 3.63) is 23.8 Å². The second-order valence-corrected chi connectivity index (χ2v) is 5.28. The number of hydrogen-bond donors (Lipinski definition) is 1. The van der Waals surface area contributed by atoms with E-state index in [1.807, 2.05) is 0 Å². The Morgan fingerprint density at radius 2 is 1.81 bits per heavy atom. The van der Waals surface area contributed by atoms with Crippen LogP contribution in [-0.4, -0.2) is 56.2 Å². The van der Waals surface area contributed by atoms with Gasteiger partial charge in [-0.1, -0.05) is 0 Å². The number of ether oxygens (including phenoxy) is 1. The van der Waals surface area contributed by atoms with E-state index >= 15 is 0 Å². The molecule has 4 nitrogen and oxygen atoms in total. The Bertz CT molecular complexity index is 471. The molecule has 0 aromatic heterocycles. The SMILES string of the molecule is CN1CCN(CCOc2cc(N)cc(C(F)(F)F)c2)CC1. The number of nitrogens with two attached hydrogens (primary N) is 1. The van der Waals surface area contributed by atoms with Crippen LogP contribution in [-0.2, 0) is 6.18 Å². The van der Waals surface area contributed by atoms with Crippen molar-refractivity contribution >= 4 is 5.69 Å². The van der Waals surface area contributed by atoms with Crippen molar-refractivity contribution < 1.29 is 17.9 Å². The van der Waals surface area contributed by atoms with E-state index in [2.05, 4.69) is 16.8 Å². The van der Waals surface area contributed by atoms with E-state index < -0.39 is 11.7 Å². The van der Waals surface area contributed by atoms with Gasteiger partial charge in [-0.25, -0.2) is 0 Å². The fourth-order valence-corrected chi connectivity index (χ4v) is 2.23. The largest absolute Gasteiger partial charge is 0.492 e. The first-order valence-electron chi connectivity index (χ1n) is 6.86. The molecule has 0 saturated carbocycles. The number of alkyl halides is 3. The quantitative estimate of drug-likeness (QED) is 0.863. The summed E-state index contributed by atoms with van der Waals surface area (Å²) in [6.07, 6.45) is -4.41. The molecule has 1 saturated heterocycles. The molecule has 2 rings (SSSR count). The van der Waals surface area contributed by atoms with E-state index in [1.165, 1.54) is 6.07 Å². The van der Waals surface area contributed by atoms with Gasteiger partial charge in [0.15, 0.2) is 0 Å². The van der Waals surface area contributed by atoms with Crippen molar-refractivity contribution in [2.24, 2.45) is 0 Å². The van der Waals surface area contributed by atoms with E-state index in [9.17, 15) is 13.2 Å². The maximum Gasteiger partial charge on any atom is 0.416 e. The average Bonchev–Trinajstić information content (AvgIpc) is 2.39. The van der Waals surface area contributed by atoms with Crippen molar-refractivity contribution in [1.82, 2.24) is 9.80 Å². The van der Waals surface area contributed by atoms with Gasteiger partial charge in [0.25, 0.3) is 0 Å². The van der Waals surface area contributed by atoms with Gasteiger partial charge in [-0.15, -0.1) is 0 Å². The van der Waals surface area contributed by atoms with E-state index in [-0.39, 0.29) is 11.4 Å². The lowest BCUT2D eigenvalue weighted by Crippen LogP contribution is -2.45. The van der Waals surface area contributed by atoms with Gasteiger partial charge >= 0.3 is 6.18 Å². The zero-order valence-electron chi connectivity index (χ0n) is 12.0. The first-order chi connectivity index (χ1) is 9.84. The number of rotatable bonds is 4. The molecule has 2 N–H and O–H groups in total. The Labute approximate surface area is 122 Å². The van der Waals surface area contributed by atoms with Crippen LogP contribution in [0.1, 0.15) is 5.56 Å². The zero-order valence-corrected chi connectivity index (χ0v) is 12.0. The van der Waals surface area contributed by atoms with Crippen LogP contribution in [0.2, 0.25) is 0 Å². The third kappa shape index (κ3) is 4.78. The number of benzene rings is 1. The van der Waals surface area contributed by atoms with Crippen LogP contribution < -0.4 is 10.5 Å². The van der Waals surface area contributed by atoms with Crippen LogP contribution in [0.5, 0.6) is 5.75 Å². The van der Waals surface area contributed by atoms with Crippen molar-refractivity contribution in [2.75, 3.05) is 52.1 Å². The summed E-state index contributed by atoms with van der Waals surface area (Å²) in [5.41, 5.74) is 4.76. The molecule has 1 fully saturated rings. The second kappa shape index (κ2) is 6.53. The lowest BCUT2D eigenvalue weighted by molar-refractivity contribution is -0.137. The molecule has 118 valence electrons. The molecule has 7 heteroatoms. The Hall–Kier alpha value is -1.47. The third-order valence-electron chi connectivity index (χ3n) is 3.53. The molecule has 0 amide bonds. The van der Waals surface area contributed by atoms with Crippen molar-refractivity contribution in [3.63, 3.8) is 0 Å². The van der Waals surface area contributed by atoms with E-state index in [0.29, 0.717) is 13.2 Å². The Morgan fingerprint density at radius 1 is 1.14 bits per heavy atom. The zero-order chi connectivity index (χ0) is 15.5. The Morgan fingerprint density at radius 3 is 2.43 bits per heavy atom. The summed E-state index contributed by atoms with van der Waals surface area (Å²) in [6.45, 7) is 4.94. The van der Waals surface area contributed by atoms with Crippen LogP contribution in [0.4, 0.5) is 18.9 Å². The molecule has 21 heavy (non-hydrogen) atoms. The van der Waals surface area contributed by atoms with Gasteiger partial charge in [-0.3, -0.25) is 4.90 Å². The molecular weight excluding hydrogens is 283 g/mol. The minimum atomic E-state index is -4.41. The first kappa shape index (κ1) is 15.9. The lowest BCUT2D eigenvalue weighted by Gasteiger charge is -2.32. The molecule has 1 heterocycles. The highest BCUT2D eigenvalue weighted by Gasteiger charge is 2.31. The highest BCUT2D eigenvalue weighted by molar-refractivity contribution is 5.48. The fraction of sp³-hybridized carbons (Fsp3) is 0.571. The minimum Gasteiger partial charge on any atom is -0.492 e. The molecule has 1 aliphatic rings. The summed E-state index contributed by atoms with van der Waals surface area (Å²) in [4.78, 5) is 4.47. The van der Waals surface area contributed by atoms with Crippen LogP contribution in [0, 0.1) is 0 Å². The van der Waals surface area contributed by atoms with Gasteiger partial charge in [0.2, 0.25) is 0 Å². The average molecular weight is 303 g/mol. The number of halogens is 3. The maximum atomic E-state index is 12.7. The molecule has 0 radical (unpaired) electrons. The Kier molecular flexibility index (Phi) is 4.95. The highest BCUT2D eigenvalue weighted by atomic mass is 19.4. The molecule has 0 atom stereocenters. The molecular formula is C14H20F3N3O. The number of piperazine rings is 1. The van der Waals surface area contributed by atoms with Gasteiger partial charge in [0.05, 0.1) is 5.56 Å². The van der Waals surface area contributed by atoms with Gasteiger partial charge in [0.1, 0.15) is 12.4 Å². The molecule has 0 unspecified atom stereocenters. The normalized spacial score (nSPS) is 17.9. The van der Waals surface area contributed by atoms with Crippen LogP contribution >= 0.6 is 0 Å². The van der Waals surface area contributed by atoms with E-state index in [0.717, 1.165) is 38.3 Å². The van der Waals surface area contributed by atoms with Crippen LogP contribution in [0.15, 0.2) is 18.2 Å². The number of anilines is 1. The van der Waals surface area contributed by atoms with Gasteiger partial charge in [-0.05, 0) is 19.2 Å². The predicted octanol–water partition coefficient (Wildman–Crippen LogP) is 1.91. The van der Waals surface area contributed by atoms with Gasteiger partial charge in [-0.2, -0.15) is 13.2 Å². The summed E-state index contributed by atoms with van der Waals surface area (Å²) < 4.78 is 43.4. The monoisotopic (exact) mass is 303 g/mol. The smallest absolute Gasteiger partial charge is 0.416 e. The topological polar surface area (TPSA) is 41.7 Å². The number of hydrogen-bond acceptors (Lipinski definition) is 4. The first-order valence-corrected chi connectivity index (χ1v) is 6.86. The standard InChI is InChI=1S/C14H20F3N3O/c1-19-2-4-20(5-3-19)6-7-21-13-9-11(14(15,16)17)8-12(18)10-13/h8-10H,2-7,18H2,1H3. The summed E-state index contributed by atoms with van der Waals surface area (Å²) in [6, 6.07) is 3.31. The number of nitrogen functional groups attached to an aromatic ring is 1. The van der Waals surface area contributed by atoms with Crippen molar-refractivity contribution in [2.45, 2.75) is 6.18 Å². The fourth-order valence-electron chi connectivity index (χ4n) is 2.23. The molecule has 0 aliphatic carbocycles. The van der Waals surface area contributed by atoms with Crippen molar-refractivity contribution in [3.8, 4) is 5.75 Å². The highest BCUT2D eigenvalue weighted by Crippen LogP contribution is 2.33. The van der Waals surface area contributed by atoms with E-state index in [1.54, 1.807) is 0 Å². The molecule has 1 aromatic rings. The molecule has 1 aromatic carbocycles. The third-order valence-corrected chi connectivity index (χ3v) is 3.53. The van der Waals surface area contributed by atoms with E-state index in [4.69, 9.17) is 10.5 Å². The number of likely N-dealkylation sites (N-methyl/N-ethyl adjacent to an activating group) is 1. The van der Waals surface area contributed by atoms with Gasteiger partial charge in [0, 0.05) is 44.5 Å². The van der Waals surface area contributed by atoms with Crippen LogP contribution in [0.25, 0.3) is 0 Å². The summed E-state index contributed by atoms with van der Waals surface area (Å²) in [5.74, 6) is 0.163. The van der Waals surface area contributed by atoms with Gasteiger partial charge < -0.3 is 15.4 Å². The second-order valence-electron chi connectivity index (χ2n) is 5.28. The van der Waals surface area contributed by atoms with Crippen molar-refractivity contribution in [1.29, 1.82) is 0 Å². The van der Waals surface area contributed by atoms with Crippen LogP contribution in [0.3, 0.4) is 0 Å². The lowest BCUT2D eigenvalue weighted by atomic mass is 10.2. The Balaban J connectivity index is 1.87. The number of nitrogens with zero attached hydrogens (tertiary/aromatic N) is 2. The predicted molar refractivity (Wildman–Crippen MR) is 75.3 cm³/mol. The molecule has 0 bridgehead atoms. The molecule has 1 aliphatic heterocycles. The molecule has 0 spiro atoms. The maximum absolute atomic E-state index is 12.7. The summed E-state index contributed by atoms with van der Waals surface area (Å²) >= 11 is 0. The summed E-state index contributed by atoms with van der Waals surface area (Å²) in [7, 11) is 2.07. The summed E-state index contributed by atoms with van der Waals surface area (Å²) in [5, 5.41) is 0.